The molecule has 1 nitrogen and oxygen atoms in total. The molecule has 0 saturated heterocycles. The summed E-state index contributed by atoms with van der Waals surface area (Å²) in [4.78, 5) is 0. The molecule has 0 saturated carbocycles. The van der Waals surface area contributed by atoms with Gasteiger partial charge in [0.25, 0.3) is 0 Å². The van der Waals surface area contributed by atoms with Crippen LogP contribution in [0, 0.1) is 13.8 Å². The molecule has 0 heterocycles. The molecule has 0 aliphatic carbocycles. The van der Waals surface area contributed by atoms with Gasteiger partial charge in [0.1, 0.15) is 0 Å². The summed E-state index contributed by atoms with van der Waals surface area (Å²) in [6.07, 6.45) is 3.23. The zero-order chi connectivity index (χ0) is 4.12. The normalized spacial score (nSPS) is 6.00. The van der Waals surface area contributed by atoms with Gasteiger partial charge in [0.15, 0.2) is 0 Å². The van der Waals surface area contributed by atoms with Crippen molar-refractivity contribution in [3.05, 3.63) is 13.8 Å². The van der Waals surface area contributed by atoms with Gasteiger partial charge in [0.2, 0.25) is 0 Å². The predicted molar refractivity (Wildman–Crippen MR) is 28.2 cm³/mol. The molecule has 2 heteroatoms. The van der Waals surface area contributed by atoms with Crippen LogP contribution in [0.25, 0.3) is 0 Å². The fourth-order valence-electron chi connectivity index (χ4n) is 0.177. The van der Waals surface area contributed by atoms with Gasteiger partial charge < -0.3 is 19.3 Å². The topological polar surface area (TPSA) is 31.5 Å². The molecule has 0 spiro atoms. The Hall–Kier alpha value is 0.700. The van der Waals surface area contributed by atoms with Crippen molar-refractivity contribution >= 4 is 0 Å². The number of hydrogen-bond donors (Lipinski definition) is 0. The average molecular weight is 285 g/mol. The molecule has 51 valence electrons. The van der Waals surface area contributed by atoms with Gasteiger partial charge in [-0.15, -0.1) is 6.42 Å². The molecule has 0 fully saturated rings. The van der Waals surface area contributed by atoms with Crippen LogP contribution in [-0.4, -0.2) is 5.48 Å². The first kappa shape index (κ1) is 15.6. The standard InChI is InChI=1S/C5H10.Au.H2O/c1-3-5-4-2;;/h1-5H2;;1H2/q-2;;. The van der Waals surface area contributed by atoms with Gasteiger partial charge in [-0.25, -0.2) is 0 Å². The third-order valence-corrected chi connectivity index (χ3v) is 0.500. The molecule has 0 aliphatic heterocycles. The Labute approximate surface area is 61.3 Å². The Balaban J connectivity index is -0.0000000800. The van der Waals surface area contributed by atoms with Gasteiger partial charge in [0, 0.05) is 22.4 Å². The summed E-state index contributed by atoms with van der Waals surface area (Å²) < 4.78 is 0. The third kappa shape index (κ3) is 20.3. The first-order valence-corrected chi connectivity index (χ1v) is 2.00. The smallest absolute Gasteiger partial charge is 0 e. The number of rotatable bonds is 2. The Morgan fingerprint density at radius 3 is 1.29 bits per heavy atom. The minimum absolute atomic E-state index is 0. The van der Waals surface area contributed by atoms with Gasteiger partial charge in [0.05, 0.1) is 0 Å². The van der Waals surface area contributed by atoms with Crippen LogP contribution in [-0.2, 0) is 22.4 Å². The first-order chi connectivity index (χ1) is 2.41. The van der Waals surface area contributed by atoms with E-state index < -0.39 is 0 Å². The molecule has 0 aromatic heterocycles. The predicted octanol–water partition coefficient (Wildman–Crippen LogP) is 0.998. The van der Waals surface area contributed by atoms with E-state index in [1.807, 2.05) is 0 Å². The monoisotopic (exact) mass is 285 g/mol. The molecule has 0 unspecified atom stereocenters. The molecular formula is C5H12AuO-2. The van der Waals surface area contributed by atoms with Crippen molar-refractivity contribution < 1.29 is 27.9 Å². The van der Waals surface area contributed by atoms with E-state index >= 15 is 0 Å². The van der Waals surface area contributed by atoms with Gasteiger partial charge >= 0.3 is 0 Å². The van der Waals surface area contributed by atoms with Crippen molar-refractivity contribution in [3.63, 3.8) is 0 Å². The Morgan fingerprint density at radius 2 is 1.29 bits per heavy atom. The van der Waals surface area contributed by atoms with E-state index in [1.165, 1.54) is 6.42 Å². The summed E-state index contributed by atoms with van der Waals surface area (Å²) in [5, 5.41) is 0. The van der Waals surface area contributed by atoms with Crippen LogP contribution in [0.4, 0.5) is 0 Å². The SMILES string of the molecule is O.[Au].[CH2-]CCC[CH2-]. The van der Waals surface area contributed by atoms with Crippen LogP contribution < -0.4 is 0 Å². The van der Waals surface area contributed by atoms with E-state index in [-0.39, 0.29) is 27.9 Å². The largest absolute Gasteiger partial charge is 0.412 e. The molecule has 0 atom stereocenters. The number of hydrogen-bond acceptors (Lipinski definition) is 0. The Kier molecular flexibility index (Phi) is 35.5. The summed E-state index contributed by atoms with van der Waals surface area (Å²) in [7, 11) is 0. The molecule has 0 aromatic carbocycles. The van der Waals surface area contributed by atoms with Crippen LogP contribution in [0.3, 0.4) is 0 Å². The van der Waals surface area contributed by atoms with Crippen LogP contribution >= 0.6 is 0 Å². The van der Waals surface area contributed by atoms with E-state index in [1.54, 1.807) is 0 Å². The van der Waals surface area contributed by atoms with Crippen LogP contribution in [0.5, 0.6) is 0 Å². The fraction of sp³-hybridized carbons (Fsp3) is 0.600. The van der Waals surface area contributed by atoms with Gasteiger partial charge in [-0.2, -0.15) is 12.8 Å². The Morgan fingerprint density at radius 1 is 1.00 bits per heavy atom. The van der Waals surface area contributed by atoms with Crippen LogP contribution in [0.15, 0.2) is 0 Å². The second-order valence-corrected chi connectivity index (χ2v) is 1.06. The second-order valence-electron chi connectivity index (χ2n) is 1.06. The zero-order valence-corrected chi connectivity index (χ0v) is 6.50. The summed E-state index contributed by atoms with van der Waals surface area (Å²) in [5.74, 6) is 0. The molecule has 0 aromatic rings. The quantitative estimate of drug-likeness (QED) is 0.535. The van der Waals surface area contributed by atoms with E-state index in [4.69, 9.17) is 0 Å². The van der Waals surface area contributed by atoms with Crippen molar-refractivity contribution in [1.82, 2.24) is 0 Å². The second kappa shape index (κ2) is 15.9. The minimum Gasteiger partial charge on any atom is -0.412 e. The molecule has 0 aliphatic rings. The van der Waals surface area contributed by atoms with Gasteiger partial charge in [-0.05, 0) is 0 Å². The Bertz CT molecular complexity index is 15.6. The van der Waals surface area contributed by atoms with E-state index in [9.17, 15) is 0 Å². The molecule has 0 rings (SSSR count). The number of unbranched alkanes of at least 4 members (excludes halogenated alkanes) is 2. The van der Waals surface area contributed by atoms with Crippen molar-refractivity contribution in [2.75, 3.05) is 0 Å². The summed E-state index contributed by atoms with van der Waals surface area (Å²) in [6, 6.07) is 0. The third-order valence-electron chi connectivity index (χ3n) is 0.500. The van der Waals surface area contributed by atoms with E-state index in [2.05, 4.69) is 13.8 Å². The zero-order valence-electron chi connectivity index (χ0n) is 4.34. The molecule has 1 radical (unpaired) electrons. The summed E-state index contributed by atoms with van der Waals surface area (Å²) >= 11 is 0. The molecule has 0 amide bonds. The van der Waals surface area contributed by atoms with E-state index in [0.29, 0.717) is 0 Å². The summed E-state index contributed by atoms with van der Waals surface area (Å²) in [5.41, 5.74) is 0. The van der Waals surface area contributed by atoms with Crippen molar-refractivity contribution in [2.24, 2.45) is 0 Å². The maximum atomic E-state index is 3.64. The van der Waals surface area contributed by atoms with Crippen molar-refractivity contribution in [2.45, 2.75) is 19.3 Å². The maximum Gasteiger partial charge on any atom is 0 e. The van der Waals surface area contributed by atoms with E-state index in [0.717, 1.165) is 12.8 Å². The minimum atomic E-state index is 0. The van der Waals surface area contributed by atoms with Crippen molar-refractivity contribution in [1.29, 1.82) is 0 Å². The van der Waals surface area contributed by atoms with Crippen molar-refractivity contribution in [3.8, 4) is 0 Å². The first-order valence-electron chi connectivity index (χ1n) is 2.00. The molecule has 0 bridgehead atoms. The summed E-state index contributed by atoms with van der Waals surface area (Å²) in [6.45, 7) is 7.27. The molecule has 7 heavy (non-hydrogen) atoms. The van der Waals surface area contributed by atoms with Gasteiger partial charge in [-0.3, -0.25) is 0 Å². The van der Waals surface area contributed by atoms with Crippen LogP contribution in [0.2, 0.25) is 0 Å². The van der Waals surface area contributed by atoms with Gasteiger partial charge in [-0.1, -0.05) is 0 Å². The molecule has 2 N–H and O–H groups in total. The maximum absolute atomic E-state index is 3.64. The molecular weight excluding hydrogens is 273 g/mol. The van der Waals surface area contributed by atoms with Crippen LogP contribution in [0.1, 0.15) is 19.3 Å². The fourth-order valence-corrected chi connectivity index (χ4v) is 0.177. The average Bonchev–Trinajstić information content (AvgIpc) is 1.41.